The third-order valence-corrected chi connectivity index (χ3v) is 5.33. The van der Waals surface area contributed by atoms with Crippen molar-refractivity contribution in [3.63, 3.8) is 0 Å². The fraction of sp³-hybridized carbons (Fsp3) is 0.478. The molecule has 0 radical (unpaired) electrons. The number of aliphatic hydroxyl groups is 1. The fourth-order valence-corrected chi connectivity index (χ4v) is 3.67. The van der Waals surface area contributed by atoms with Gasteiger partial charge in [0.1, 0.15) is 5.56 Å². The van der Waals surface area contributed by atoms with Crippen molar-refractivity contribution in [3.8, 4) is 22.8 Å². The van der Waals surface area contributed by atoms with Crippen molar-refractivity contribution in [2.24, 2.45) is 5.92 Å². The lowest BCUT2D eigenvalue weighted by Gasteiger charge is -2.31. The van der Waals surface area contributed by atoms with Crippen LogP contribution in [0, 0.1) is 5.92 Å². The van der Waals surface area contributed by atoms with E-state index in [1.54, 1.807) is 19.2 Å². The van der Waals surface area contributed by atoms with Gasteiger partial charge in [-0.2, -0.15) is 0 Å². The van der Waals surface area contributed by atoms with Gasteiger partial charge >= 0.3 is 0 Å². The van der Waals surface area contributed by atoms with Crippen LogP contribution in [-0.4, -0.2) is 39.9 Å². The predicted molar refractivity (Wildman–Crippen MR) is 115 cm³/mol. The van der Waals surface area contributed by atoms with Crippen molar-refractivity contribution in [1.29, 1.82) is 0 Å². The van der Waals surface area contributed by atoms with Gasteiger partial charge in [-0.05, 0) is 43.4 Å². The lowest BCUT2D eigenvalue weighted by atomic mass is 9.90. The summed E-state index contributed by atoms with van der Waals surface area (Å²) in [6.45, 7) is 8.11. The topological polar surface area (TPSA) is 101 Å². The van der Waals surface area contributed by atoms with Crippen LogP contribution in [-0.2, 0) is 6.42 Å². The first-order valence-electron chi connectivity index (χ1n) is 10.4. The van der Waals surface area contributed by atoms with Gasteiger partial charge in [-0.3, -0.25) is 9.59 Å². The first kappa shape index (κ1) is 21.9. The van der Waals surface area contributed by atoms with Crippen LogP contribution in [0.1, 0.15) is 56.1 Å². The molecule has 0 bridgehead atoms. The molecule has 0 saturated carbocycles. The molecule has 0 fully saturated rings. The van der Waals surface area contributed by atoms with Gasteiger partial charge in [0.2, 0.25) is 0 Å². The number of hydrogen-bond acceptors (Lipinski definition) is 5. The monoisotopic (exact) mass is 414 g/mol. The Labute approximate surface area is 176 Å². The molecule has 0 spiro atoms. The minimum Gasteiger partial charge on any atom is -0.504 e. The zero-order chi connectivity index (χ0) is 22.0. The normalized spacial score (nSPS) is 16.0. The van der Waals surface area contributed by atoms with Gasteiger partial charge in [0, 0.05) is 29.9 Å². The molecule has 162 valence electrons. The Balaban J connectivity index is 2.06. The number of aromatic hydroxyl groups is 1. The Morgan fingerprint density at radius 2 is 2.03 bits per heavy atom. The Morgan fingerprint density at radius 1 is 1.30 bits per heavy atom. The number of benzene rings is 1. The van der Waals surface area contributed by atoms with Crippen LogP contribution in [0.4, 0.5) is 0 Å². The van der Waals surface area contributed by atoms with Crippen LogP contribution < -0.4 is 15.5 Å². The van der Waals surface area contributed by atoms with Gasteiger partial charge in [0.15, 0.2) is 16.9 Å². The molecule has 0 saturated heterocycles. The van der Waals surface area contributed by atoms with Gasteiger partial charge in [0.05, 0.1) is 18.9 Å². The number of nitrogens with one attached hydrogen (secondary N) is 1. The van der Waals surface area contributed by atoms with Crippen LogP contribution in [0.2, 0.25) is 0 Å². The third kappa shape index (κ3) is 4.36. The molecule has 2 heterocycles. The maximum absolute atomic E-state index is 12.7. The number of rotatable bonds is 7. The predicted octanol–water partition coefficient (Wildman–Crippen LogP) is 2.87. The second-order valence-electron chi connectivity index (χ2n) is 8.35. The fourth-order valence-electron chi connectivity index (χ4n) is 3.67. The van der Waals surface area contributed by atoms with Crippen LogP contribution in [0.25, 0.3) is 11.3 Å². The highest BCUT2D eigenvalue weighted by Crippen LogP contribution is 2.41. The summed E-state index contributed by atoms with van der Waals surface area (Å²) < 4.78 is 7.69. The number of pyridine rings is 1. The van der Waals surface area contributed by atoms with Gasteiger partial charge in [-0.25, -0.2) is 0 Å². The number of hydrogen-bond donors (Lipinski definition) is 3. The molecule has 2 aromatic rings. The number of aromatic nitrogens is 1. The van der Waals surface area contributed by atoms with Gasteiger partial charge in [0.25, 0.3) is 5.91 Å². The largest absolute Gasteiger partial charge is 0.504 e. The van der Waals surface area contributed by atoms with Gasteiger partial charge < -0.3 is 24.8 Å². The summed E-state index contributed by atoms with van der Waals surface area (Å²) in [7, 11) is 0. The molecule has 2 unspecified atom stereocenters. The summed E-state index contributed by atoms with van der Waals surface area (Å²) in [5, 5.41) is 22.3. The number of aliphatic hydroxyl groups excluding tert-OH is 1. The molecule has 30 heavy (non-hydrogen) atoms. The molecule has 1 amide bonds. The molecule has 3 N–H and O–H groups in total. The summed E-state index contributed by atoms with van der Waals surface area (Å²) in [6, 6.07) is 4.56. The molecule has 3 rings (SSSR count). The van der Waals surface area contributed by atoms with Crippen LogP contribution >= 0.6 is 0 Å². The molecule has 1 aliphatic heterocycles. The average molecular weight is 415 g/mol. The van der Waals surface area contributed by atoms with Crippen LogP contribution in [0.15, 0.2) is 29.2 Å². The molecule has 2 atom stereocenters. The van der Waals surface area contributed by atoms with E-state index in [-0.39, 0.29) is 24.0 Å². The van der Waals surface area contributed by atoms with E-state index in [4.69, 9.17) is 9.84 Å². The zero-order valence-corrected chi connectivity index (χ0v) is 17.9. The van der Waals surface area contributed by atoms with Crippen LogP contribution in [0.3, 0.4) is 0 Å². The molecule has 0 aliphatic carbocycles. The van der Waals surface area contributed by atoms with Gasteiger partial charge in [-0.15, -0.1) is 0 Å². The Bertz CT molecular complexity index is 996. The van der Waals surface area contributed by atoms with Gasteiger partial charge in [-0.1, -0.05) is 20.8 Å². The van der Waals surface area contributed by atoms with E-state index in [9.17, 15) is 14.7 Å². The van der Waals surface area contributed by atoms with E-state index in [2.05, 4.69) is 12.2 Å². The first-order chi connectivity index (χ1) is 14.2. The highest BCUT2D eigenvalue weighted by molar-refractivity contribution is 5.94. The van der Waals surface area contributed by atoms with Crippen molar-refractivity contribution in [3.05, 3.63) is 45.7 Å². The van der Waals surface area contributed by atoms with E-state index in [0.29, 0.717) is 30.4 Å². The summed E-state index contributed by atoms with van der Waals surface area (Å²) in [4.78, 5) is 25.2. The third-order valence-electron chi connectivity index (χ3n) is 5.33. The Hall–Kier alpha value is -2.80. The lowest BCUT2D eigenvalue weighted by molar-refractivity contribution is 0.0920. The average Bonchev–Trinajstić information content (AvgIpc) is 2.71. The molecule has 7 heteroatoms. The van der Waals surface area contributed by atoms with E-state index < -0.39 is 17.4 Å². The molecule has 1 aromatic carbocycles. The summed E-state index contributed by atoms with van der Waals surface area (Å²) in [5.74, 6) is 0.308. The number of ether oxygens (including phenoxy) is 1. The van der Waals surface area contributed by atoms with Crippen molar-refractivity contribution in [2.45, 2.75) is 52.6 Å². The van der Waals surface area contributed by atoms with E-state index in [1.807, 2.05) is 24.5 Å². The highest BCUT2D eigenvalue weighted by atomic mass is 16.5. The Kier molecular flexibility index (Phi) is 6.51. The number of amides is 1. The number of carbonyl (C=O) groups excluding carboxylic acids is 1. The minimum atomic E-state index is -0.502. The van der Waals surface area contributed by atoms with E-state index >= 15 is 0 Å². The molecule has 1 aromatic heterocycles. The van der Waals surface area contributed by atoms with Crippen molar-refractivity contribution in [2.75, 3.05) is 13.2 Å². The maximum atomic E-state index is 12.7. The zero-order valence-electron chi connectivity index (χ0n) is 17.9. The Morgan fingerprint density at radius 3 is 2.67 bits per heavy atom. The standard InChI is InChI=1S/C23H30N2O5/c1-5-16-6-15-7-22(30-12-13(2)3)21(28)8-17(15)19-9-20(27)18(10-25(16)19)23(29)24-14(4)11-26/h7-10,13-14,16,26,28H,5-6,11-12H2,1-4H3,(H,24,29). The van der Waals surface area contributed by atoms with Crippen molar-refractivity contribution < 1.29 is 19.7 Å². The second-order valence-corrected chi connectivity index (χ2v) is 8.35. The lowest BCUT2D eigenvalue weighted by Crippen LogP contribution is -2.38. The summed E-state index contributed by atoms with van der Waals surface area (Å²) in [5.41, 5.74) is 2.09. The number of phenolic OH excluding ortho intramolecular Hbond substituents is 1. The minimum absolute atomic E-state index is 0.0296. The summed E-state index contributed by atoms with van der Waals surface area (Å²) in [6.07, 6.45) is 3.11. The van der Waals surface area contributed by atoms with Crippen molar-refractivity contribution in [1.82, 2.24) is 9.88 Å². The van der Waals surface area contributed by atoms with Crippen LogP contribution in [0.5, 0.6) is 11.5 Å². The number of carbonyl (C=O) groups is 1. The highest BCUT2D eigenvalue weighted by Gasteiger charge is 2.27. The van der Waals surface area contributed by atoms with Crippen molar-refractivity contribution >= 4 is 5.91 Å². The smallest absolute Gasteiger partial charge is 0.257 e. The van der Waals surface area contributed by atoms with E-state index in [0.717, 1.165) is 17.5 Å². The first-order valence-corrected chi connectivity index (χ1v) is 10.4. The molecule has 1 aliphatic rings. The molecular weight excluding hydrogens is 384 g/mol. The van der Waals surface area contributed by atoms with E-state index in [1.165, 1.54) is 6.07 Å². The number of fused-ring (bicyclic) bond motifs is 3. The SMILES string of the molecule is CCC1Cc2cc(OCC(C)C)c(O)cc2-c2cc(=O)c(C(=O)NC(C)CO)cn21. The second kappa shape index (κ2) is 8.92. The molecule has 7 nitrogen and oxygen atoms in total. The number of phenols is 1. The maximum Gasteiger partial charge on any atom is 0.257 e. The number of nitrogens with zero attached hydrogens (tertiary/aromatic N) is 1. The quantitative estimate of drug-likeness (QED) is 0.647. The summed E-state index contributed by atoms with van der Waals surface area (Å²) >= 11 is 0. The molecular formula is C23H30N2O5.